The molecule has 0 atom stereocenters. The van der Waals surface area contributed by atoms with Crippen molar-refractivity contribution in [2.24, 2.45) is 0 Å². The number of benzene rings is 2. The first-order valence-corrected chi connectivity index (χ1v) is 9.77. The molecule has 4 heteroatoms. The van der Waals surface area contributed by atoms with Crippen molar-refractivity contribution < 1.29 is 0 Å². The van der Waals surface area contributed by atoms with Gasteiger partial charge in [-0.25, -0.2) is 9.66 Å². The van der Waals surface area contributed by atoms with Crippen LogP contribution in [0.25, 0.3) is 28.3 Å². The van der Waals surface area contributed by atoms with Gasteiger partial charge in [-0.15, -0.1) is 0 Å². The molecule has 0 saturated heterocycles. The fourth-order valence-corrected chi connectivity index (χ4v) is 3.86. The highest BCUT2D eigenvalue weighted by Gasteiger charge is 2.24. The molecule has 0 radical (unpaired) electrons. The summed E-state index contributed by atoms with van der Waals surface area (Å²) in [5, 5.41) is 0. The number of aromatic nitrogens is 3. The zero-order chi connectivity index (χ0) is 18.8. The third kappa shape index (κ3) is 2.91. The summed E-state index contributed by atoms with van der Waals surface area (Å²) in [6.07, 6.45) is 3.98. The maximum Gasteiger partial charge on any atom is 0.234 e. The molecule has 4 nitrogen and oxygen atoms in total. The molecule has 0 spiro atoms. The Hall–Kier alpha value is -3.01. The first kappa shape index (κ1) is 17.4. The van der Waals surface area contributed by atoms with E-state index < -0.39 is 0 Å². The van der Waals surface area contributed by atoms with Crippen LogP contribution in [-0.2, 0) is 12.8 Å². The van der Waals surface area contributed by atoms with Crippen LogP contribution in [0.2, 0.25) is 0 Å². The first-order chi connectivity index (χ1) is 13.3. The summed E-state index contributed by atoms with van der Waals surface area (Å²) in [7, 11) is 0. The van der Waals surface area contributed by atoms with E-state index in [9.17, 15) is 0 Å². The topological polar surface area (TPSA) is 48.2 Å². The molecule has 0 fully saturated rings. The van der Waals surface area contributed by atoms with E-state index >= 15 is 0 Å². The fraction of sp³-hybridized carbons (Fsp3) is 0.261. The van der Waals surface area contributed by atoms with E-state index in [0.717, 1.165) is 48.4 Å². The number of nitrogens with two attached hydrogens (primary N) is 1. The summed E-state index contributed by atoms with van der Waals surface area (Å²) < 4.78 is 4.07. The summed E-state index contributed by atoms with van der Waals surface area (Å²) >= 11 is 0. The first-order valence-electron chi connectivity index (χ1n) is 9.77. The molecule has 2 heterocycles. The van der Waals surface area contributed by atoms with Crippen molar-refractivity contribution in [2.75, 3.05) is 5.84 Å². The van der Waals surface area contributed by atoms with Gasteiger partial charge in [0, 0.05) is 11.1 Å². The predicted molar refractivity (Wildman–Crippen MR) is 112 cm³/mol. The molecular weight excluding hydrogens is 332 g/mol. The fourth-order valence-electron chi connectivity index (χ4n) is 3.86. The van der Waals surface area contributed by atoms with Crippen molar-refractivity contribution in [3.8, 4) is 22.5 Å². The normalized spacial score (nSPS) is 11.3. The van der Waals surface area contributed by atoms with Gasteiger partial charge >= 0.3 is 0 Å². The second-order valence-corrected chi connectivity index (χ2v) is 6.94. The Morgan fingerprint density at radius 2 is 1.33 bits per heavy atom. The minimum atomic E-state index is 0.819. The molecule has 0 aliphatic rings. The van der Waals surface area contributed by atoms with E-state index in [4.69, 9.17) is 10.8 Å². The predicted octanol–water partition coefficient (Wildman–Crippen LogP) is 5.09. The van der Waals surface area contributed by atoms with Crippen molar-refractivity contribution >= 4 is 5.78 Å². The van der Waals surface area contributed by atoms with Crippen LogP contribution in [0.3, 0.4) is 0 Å². The quantitative estimate of drug-likeness (QED) is 0.488. The lowest BCUT2D eigenvalue weighted by molar-refractivity contribution is 0.833. The molecule has 4 rings (SSSR count). The Balaban J connectivity index is 2.07. The molecule has 0 aliphatic carbocycles. The smallest absolute Gasteiger partial charge is 0.234 e. The molecule has 0 aliphatic heterocycles. The number of aryl methyl sites for hydroxylation is 1. The highest BCUT2D eigenvalue weighted by atomic mass is 15.4. The van der Waals surface area contributed by atoms with E-state index in [1.807, 2.05) is 6.07 Å². The van der Waals surface area contributed by atoms with Gasteiger partial charge in [0.25, 0.3) is 0 Å². The van der Waals surface area contributed by atoms with Gasteiger partial charge in [-0.3, -0.25) is 4.40 Å². The Morgan fingerprint density at radius 3 is 1.93 bits per heavy atom. The number of rotatable bonds is 6. The van der Waals surface area contributed by atoms with Crippen LogP contribution in [0.1, 0.15) is 38.1 Å². The van der Waals surface area contributed by atoms with Crippen LogP contribution in [-0.4, -0.2) is 14.1 Å². The number of imidazole rings is 2. The van der Waals surface area contributed by atoms with Crippen molar-refractivity contribution in [1.29, 1.82) is 0 Å². The molecule has 0 bridgehead atoms. The van der Waals surface area contributed by atoms with Crippen LogP contribution in [0.15, 0.2) is 60.7 Å². The monoisotopic (exact) mass is 358 g/mol. The molecule has 0 unspecified atom stereocenters. The van der Waals surface area contributed by atoms with Crippen LogP contribution >= 0.6 is 0 Å². The van der Waals surface area contributed by atoms with Crippen molar-refractivity contribution in [1.82, 2.24) is 14.1 Å². The van der Waals surface area contributed by atoms with Gasteiger partial charge in [0.05, 0.1) is 22.8 Å². The Labute approximate surface area is 160 Å². The number of fused-ring (bicyclic) bond motifs is 1. The third-order valence-electron chi connectivity index (χ3n) is 5.03. The van der Waals surface area contributed by atoms with Crippen molar-refractivity contribution in [3.05, 3.63) is 72.1 Å². The molecule has 138 valence electrons. The van der Waals surface area contributed by atoms with Crippen LogP contribution in [0.5, 0.6) is 0 Å². The van der Waals surface area contributed by atoms with E-state index in [1.165, 1.54) is 17.0 Å². The molecule has 27 heavy (non-hydrogen) atoms. The summed E-state index contributed by atoms with van der Waals surface area (Å²) in [5.74, 6) is 7.37. The van der Waals surface area contributed by atoms with Gasteiger partial charge in [0.15, 0.2) is 0 Å². The van der Waals surface area contributed by atoms with Gasteiger partial charge in [-0.1, -0.05) is 87.4 Å². The summed E-state index contributed by atoms with van der Waals surface area (Å²) in [6.45, 7) is 4.40. The lowest BCUT2D eigenvalue weighted by atomic mass is 10.1. The van der Waals surface area contributed by atoms with Gasteiger partial charge < -0.3 is 5.84 Å². The van der Waals surface area contributed by atoms with E-state index in [1.54, 1.807) is 4.68 Å². The summed E-state index contributed by atoms with van der Waals surface area (Å²) in [4.78, 5) is 4.99. The highest BCUT2D eigenvalue weighted by Crippen LogP contribution is 2.33. The highest BCUT2D eigenvalue weighted by molar-refractivity contribution is 5.73. The maximum absolute atomic E-state index is 6.55. The largest absolute Gasteiger partial charge is 0.336 e. The van der Waals surface area contributed by atoms with E-state index in [2.05, 4.69) is 72.8 Å². The van der Waals surface area contributed by atoms with Crippen LogP contribution in [0, 0.1) is 0 Å². The number of hydrogen-bond acceptors (Lipinski definition) is 2. The zero-order valence-corrected chi connectivity index (χ0v) is 16.0. The van der Waals surface area contributed by atoms with Crippen molar-refractivity contribution in [3.63, 3.8) is 0 Å². The Kier molecular flexibility index (Phi) is 4.71. The molecule has 2 aromatic heterocycles. The molecular formula is C23H26N4. The summed E-state index contributed by atoms with van der Waals surface area (Å²) in [6, 6.07) is 20.9. The van der Waals surface area contributed by atoms with Crippen LogP contribution in [0.4, 0.5) is 0 Å². The number of nitrogen functional groups attached to an aromatic ring is 1. The van der Waals surface area contributed by atoms with Gasteiger partial charge in [0.2, 0.25) is 5.78 Å². The van der Waals surface area contributed by atoms with E-state index in [0.29, 0.717) is 0 Å². The number of hydrogen-bond donors (Lipinski definition) is 1. The molecule has 2 aromatic carbocycles. The minimum Gasteiger partial charge on any atom is -0.336 e. The van der Waals surface area contributed by atoms with Gasteiger partial charge in [-0.05, 0) is 12.8 Å². The molecule has 2 N–H and O–H groups in total. The SMILES string of the molecule is CCCc1c(-c2ccccc2)n2c(CCC)c(-c3ccccc3)nc2n1N. The third-order valence-corrected chi connectivity index (χ3v) is 5.03. The van der Waals surface area contributed by atoms with Crippen molar-refractivity contribution in [2.45, 2.75) is 39.5 Å². The zero-order valence-electron chi connectivity index (χ0n) is 16.0. The van der Waals surface area contributed by atoms with Gasteiger partial charge in [0.1, 0.15) is 0 Å². The second kappa shape index (κ2) is 7.31. The number of nitrogens with zero attached hydrogens (tertiary/aromatic N) is 3. The van der Waals surface area contributed by atoms with Crippen LogP contribution < -0.4 is 5.84 Å². The van der Waals surface area contributed by atoms with Gasteiger partial charge in [-0.2, -0.15) is 0 Å². The minimum absolute atomic E-state index is 0.819. The maximum atomic E-state index is 6.55. The lowest BCUT2D eigenvalue weighted by Gasteiger charge is -2.09. The summed E-state index contributed by atoms with van der Waals surface area (Å²) in [5.41, 5.74) is 6.91. The Morgan fingerprint density at radius 1 is 0.778 bits per heavy atom. The second-order valence-electron chi connectivity index (χ2n) is 6.94. The molecule has 0 saturated carbocycles. The molecule has 4 aromatic rings. The Bertz CT molecular complexity index is 1040. The lowest BCUT2D eigenvalue weighted by Crippen LogP contribution is -2.12. The standard InChI is InChI=1S/C23H26N4/c1-3-11-19-21(17-13-7-5-8-14-17)25-23-26(19)22(18-15-9-6-10-16-18)20(12-4-2)27(23)24/h5-10,13-16H,3-4,11-12,24H2,1-2H3. The molecule has 0 amide bonds. The van der Waals surface area contributed by atoms with E-state index in [-0.39, 0.29) is 0 Å². The average Bonchev–Trinajstić information content (AvgIpc) is 3.20. The average molecular weight is 358 g/mol.